The van der Waals surface area contributed by atoms with Crippen LogP contribution in [0.5, 0.6) is 5.75 Å². The van der Waals surface area contributed by atoms with Gasteiger partial charge in [0, 0.05) is 31.2 Å². The van der Waals surface area contributed by atoms with Crippen molar-refractivity contribution in [1.82, 2.24) is 23.8 Å². The zero-order valence-electron chi connectivity index (χ0n) is 17.5. The maximum absolute atomic E-state index is 13.1. The van der Waals surface area contributed by atoms with E-state index in [0.29, 0.717) is 18.7 Å². The van der Waals surface area contributed by atoms with Crippen LogP contribution in [0.2, 0.25) is 0 Å². The molecule has 1 aromatic carbocycles. The van der Waals surface area contributed by atoms with E-state index in [-0.39, 0.29) is 23.8 Å². The SMILES string of the molecule is O=C(Nc1ccc(OC(F)(F)F)cc1)[C@@H]1CCCN(S(=O)(=O)c2cn(-c3cnccn3)cn2)C1. The highest BCUT2D eigenvalue weighted by Gasteiger charge is 2.35. The quantitative estimate of drug-likeness (QED) is 0.557. The third-order valence-electron chi connectivity index (χ3n) is 5.09. The molecule has 1 saturated heterocycles. The second-order valence-corrected chi connectivity index (χ2v) is 9.33. The van der Waals surface area contributed by atoms with Crippen molar-refractivity contribution in [3.8, 4) is 11.6 Å². The molecule has 1 aliphatic rings. The van der Waals surface area contributed by atoms with Gasteiger partial charge in [-0.25, -0.2) is 18.4 Å². The van der Waals surface area contributed by atoms with Gasteiger partial charge in [0.25, 0.3) is 10.0 Å². The summed E-state index contributed by atoms with van der Waals surface area (Å²) >= 11 is 0. The Morgan fingerprint density at radius 1 is 1.15 bits per heavy atom. The van der Waals surface area contributed by atoms with Crippen molar-refractivity contribution in [1.29, 1.82) is 0 Å². The summed E-state index contributed by atoms with van der Waals surface area (Å²) in [4.78, 5) is 24.7. The van der Waals surface area contributed by atoms with Gasteiger partial charge < -0.3 is 10.1 Å². The number of carbonyl (C=O) groups is 1. The topological polar surface area (TPSA) is 119 Å². The molecule has 0 spiro atoms. The number of hydrogen-bond donors (Lipinski definition) is 1. The first-order valence-corrected chi connectivity index (χ1v) is 11.5. The molecule has 34 heavy (non-hydrogen) atoms. The minimum atomic E-state index is -4.81. The summed E-state index contributed by atoms with van der Waals surface area (Å²) in [5.74, 6) is -1.09. The number of amides is 1. The van der Waals surface area contributed by atoms with Crippen LogP contribution >= 0.6 is 0 Å². The van der Waals surface area contributed by atoms with Gasteiger partial charge in [0.05, 0.1) is 18.3 Å². The van der Waals surface area contributed by atoms with Crippen LogP contribution in [0, 0.1) is 5.92 Å². The highest BCUT2D eigenvalue weighted by atomic mass is 32.2. The number of benzene rings is 1. The van der Waals surface area contributed by atoms with Crippen LogP contribution in [0.3, 0.4) is 0 Å². The summed E-state index contributed by atoms with van der Waals surface area (Å²) in [5.41, 5.74) is 0.266. The fourth-order valence-corrected chi connectivity index (χ4v) is 4.92. The van der Waals surface area contributed by atoms with Crippen LogP contribution in [0.15, 0.2) is 60.4 Å². The lowest BCUT2D eigenvalue weighted by molar-refractivity contribution is -0.274. The average Bonchev–Trinajstić information content (AvgIpc) is 3.31. The predicted molar refractivity (Wildman–Crippen MR) is 112 cm³/mol. The Morgan fingerprint density at radius 2 is 1.91 bits per heavy atom. The average molecular weight is 496 g/mol. The van der Waals surface area contributed by atoms with Gasteiger partial charge in [-0.3, -0.25) is 14.3 Å². The predicted octanol–water partition coefficient (Wildman–Crippen LogP) is 2.60. The van der Waals surface area contributed by atoms with E-state index in [9.17, 15) is 26.4 Å². The normalized spacial score (nSPS) is 17.3. The highest BCUT2D eigenvalue weighted by Crippen LogP contribution is 2.26. The second kappa shape index (κ2) is 9.38. The molecule has 0 saturated carbocycles. The molecular formula is C20H19F3N6O4S. The largest absolute Gasteiger partial charge is 0.573 e. The van der Waals surface area contributed by atoms with Crippen molar-refractivity contribution in [2.45, 2.75) is 24.2 Å². The van der Waals surface area contributed by atoms with Gasteiger partial charge in [0.2, 0.25) is 5.91 Å². The van der Waals surface area contributed by atoms with Crippen molar-refractivity contribution >= 4 is 21.6 Å². The number of rotatable bonds is 6. The van der Waals surface area contributed by atoms with E-state index >= 15 is 0 Å². The summed E-state index contributed by atoms with van der Waals surface area (Å²) in [6.07, 6.45) is 3.16. The van der Waals surface area contributed by atoms with E-state index in [1.165, 1.54) is 52.1 Å². The smallest absolute Gasteiger partial charge is 0.406 e. The number of imidazole rings is 1. The van der Waals surface area contributed by atoms with Crippen LogP contribution in [0.1, 0.15) is 12.8 Å². The summed E-state index contributed by atoms with van der Waals surface area (Å²) in [7, 11) is -3.96. The first-order valence-electron chi connectivity index (χ1n) is 10.1. The summed E-state index contributed by atoms with van der Waals surface area (Å²) < 4.78 is 69.4. The molecule has 180 valence electrons. The highest BCUT2D eigenvalue weighted by molar-refractivity contribution is 7.89. The van der Waals surface area contributed by atoms with Crippen molar-refractivity contribution in [2.24, 2.45) is 5.92 Å². The molecule has 4 rings (SSSR count). The van der Waals surface area contributed by atoms with Gasteiger partial charge in [-0.2, -0.15) is 4.31 Å². The number of halogens is 3. The fraction of sp³-hybridized carbons (Fsp3) is 0.300. The summed E-state index contributed by atoms with van der Waals surface area (Å²) in [6, 6.07) is 4.70. The van der Waals surface area contributed by atoms with Gasteiger partial charge >= 0.3 is 6.36 Å². The molecule has 10 nitrogen and oxygen atoms in total. The first-order chi connectivity index (χ1) is 16.1. The molecular weight excluding hydrogens is 477 g/mol. The van der Waals surface area contributed by atoms with Crippen molar-refractivity contribution in [3.05, 3.63) is 55.4 Å². The minimum absolute atomic E-state index is 0.0541. The Bertz CT molecular complexity index is 1250. The standard InChI is InChI=1S/C20H19F3N6O4S/c21-20(22,23)33-16-5-3-15(4-6-16)27-19(30)14-2-1-9-29(11-14)34(31,32)18-12-28(13-26-18)17-10-24-7-8-25-17/h3-8,10,12-14H,1-2,9,11H2,(H,27,30)/t14-/m1/s1. The van der Waals surface area contributed by atoms with Gasteiger partial charge in [-0.05, 0) is 37.1 Å². The maximum atomic E-state index is 13.1. The number of nitrogens with zero attached hydrogens (tertiary/aromatic N) is 5. The number of alkyl halides is 3. The molecule has 1 aliphatic heterocycles. The molecule has 1 atom stereocenters. The Balaban J connectivity index is 1.41. The monoisotopic (exact) mass is 496 g/mol. The Labute approximate surface area is 192 Å². The van der Waals surface area contributed by atoms with Crippen LogP contribution in [-0.4, -0.2) is 57.6 Å². The third-order valence-corrected chi connectivity index (χ3v) is 6.84. The lowest BCUT2D eigenvalue weighted by Gasteiger charge is -2.30. The van der Waals surface area contributed by atoms with Crippen molar-refractivity contribution in [2.75, 3.05) is 18.4 Å². The van der Waals surface area contributed by atoms with Gasteiger partial charge in [-0.15, -0.1) is 13.2 Å². The van der Waals surface area contributed by atoms with Gasteiger partial charge in [-0.1, -0.05) is 0 Å². The summed E-state index contributed by atoms with van der Waals surface area (Å²) in [5, 5.41) is 2.43. The third kappa shape index (κ3) is 5.51. The van der Waals surface area contributed by atoms with E-state index in [4.69, 9.17) is 0 Å². The van der Waals surface area contributed by atoms with Gasteiger partial charge in [0.15, 0.2) is 10.8 Å². The number of anilines is 1. The van der Waals surface area contributed by atoms with Gasteiger partial charge in [0.1, 0.15) is 12.1 Å². The number of piperidine rings is 1. The molecule has 1 fully saturated rings. The number of sulfonamides is 1. The van der Waals surface area contributed by atoms with Crippen LogP contribution in [-0.2, 0) is 14.8 Å². The van der Waals surface area contributed by atoms with E-state index in [2.05, 4.69) is 25.0 Å². The molecule has 1 amide bonds. The lowest BCUT2D eigenvalue weighted by atomic mass is 9.99. The van der Waals surface area contributed by atoms with E-state index in [1.54, 1.807) is 0 Å². The molecule has 3 heterocycles. The zero-order chi connectivity index (χ0) is 24.3. The number of hydrogen-bond acceptors (Lipinski definition) is 7. The number of aromatic nitrogens is 4. The Morgan fingerprint density at radius 3 is 2.59 bits per heavy atom. The first kappa shape index (κ1) is 23.6. The number of nitrogens with one attached hydrogen (secondary N) is 1. The van der Waals surface area contributed by atoms with Crippen LogP contribution in [0.25, 0.3) is 5.82 Å². The van der Waals surface area contributed by atoms with Crippen molar-refractivity contribution < 1.29 is 31.1 Å². The van der Waals surface area contributed by atoms with E-state index in [0.717, 1.165) is 12.1 Å². The molecule has 1 N–H and O–H groups in total. The molecule has 0 aliphatic carbocycles. The zero-order valence-corrected chi connectivity index (χ0v) is 18.3. The molecule has 0 bridgehead atoms. The Hall–Kier alpha value is -3.52. The fourth-order valence-electron chi connectivity index (χ4n) is 3.48. The molecule has 0 unspecified atom stereocenters. The molecule has 14 heteroatoms. The Kier molecular flexibility index (Phi) is 6.52. The molecule has 2 aromatic heterocycles. The maximum Gasteiger partial charge on any atom is 0.573 e. The number of carbonyl (C=O) groups excluding carboxylic acids is 1. The number of ether oxygens (including phenoxy) is 1. The van der Waals surface area contributed by atoms with Crippen LogP contribution < -0.4 is 10.1 Å². The lowest BCUT2D eigenvalue weighted by Crippen LogP contribution is -2.43. The summed E-state index contributed by atoms with van der Waals surface area (Å²) in [6.45, 7) is 0.176. The van der Waals surface area contributed by atoms with E-state index in [1.807, 2.05) is 0 Å². The second-order valence-electron chi connectivity index (χ2n) is 7.45. The molecule has 3 aromatic rings. The minimum Gasteiger partial charge on any atom is -0.406 e. The van der Waals surface area contributed by atoms with E-state index < -0.39 is 34.0 Å². The van der Waals surface area contributed by atoms with Crippen LogP contribution in [0.4, 0.5) is 18.9 Å². The van der Waals surface area contributed by atoms with Crippen molar-refractivity contribution in [3.63, 3.8) is 0 Å². The molecule has 0 radical (unpaired) electrons.